The quantitative estimate of drug-likeness (QED) is 0.564. The number of urea groups is 1. The fourth-order valence-corrected chi connectivity index (χ4v) is 3.88. The molecule has 0 radical (unpaired) electrons. The fourth-order valence-electron chi connectivity index (χ4n) is 2.79. The molecule has 2 aromatic rings. The molecule has 0 saturated heterocycles. The molecule has 0 atom stereocenters. The van der Waals surface area contributed by atoms with Crippen LogP contribution in [0.4, 0.5) is 10.5 Å². The zero-order chi connectivity index (χ0) is 22.1. The molecule has 1 heterocycles. The van der Waals surface area contributed by atoms with Crippen molar-refractivity contribution in [2.24, 2.45) is 0 Å². The van der Waals surface area contributed by atoms with Crippen LogP contribution < -0.4 is 39.6 Å². The summed E-state index contributed by atoms with van der Waals surface area (Å²) in [5, 5.41) is 12.7. The molecule has 3 N–H and O–H groups in total. The van der Waals surface area contributed by atoms with E-state index in [-0.39, 0.29) is 48.4 Å². The molecule has 30 heavy (non-hydrogen) atoms. The summed E-state index contributed by atoms with van der Waals surface area (Å²) in [5.41, 5.74) is 1.14. The molecule has 1 aromatic heterocycles. The average molecular weight is 467 g/mol. The number of nitrogens with one attached hydrogen (secondary N) is 2. The van der Waals surface area contributed by atoms with E-state index in [2.05, 4.69) is 5.32 Å². The van der Waals surface area contributed by atoms with Crippen molar-refractivity contribution in [3.8, 4) is 0 Å². The van der Waals surface area contributed by atoms with Gasteiger partial charge in [0.05, 0.1) is 11.9 Å². The van der Waals surface area contributed by atoms with Crippen molar-refractivity contribution in [2.45, 2.75) is 64.1 Å². The zero-order valence-corrected chi connectivity index (χ0v) is 21.9. The molecule has 0 spiro atoms. The number of hydrogen-bond donors (Lipinski definition) is 3. The average Bonchev–Trinajstić information content (AvgIpc) is 3.06. The first-order valence-electron chi connectivity index (χ1n) is 9.21. The molecule has 0 fully saturated rings. The maximum absolute atomic E-state index is 12.5. The number of amides is 2. The van der Waals surface area contributed by atoms with Gasteiger partial charge in [-0.3, -0.25) is 0 Å². The van der Waals surface area contributed by atoms with E-state index < -0.39 is 26.7 Å². The summed E-state index contributed by atoms with van der Waals surface area (Å²) >= 11 is 6.22. The predicted octanol–water partition coefficient (Wildman–Crippen LogP) is 2.03. The number of sulfonamides is 1. The van der Waals surface area contributed by atoms with Crippen LogP contribution in [0.5, 0.6) is 0 Å². The van der Waals surface area contributed by atoms with E-state index in [1.165, 1.54) is 19.9 Å². The molecular weight excluding hydrogens is 439 g/mol. The molecule has 0 unspecified atom stereocenters. The SMILES string of the molecule is CC(C)c1cc(Cl)cc(C(C)C)c1NC(=O)NS(=O)(=O)c1cc(C(C)(C)O)co1.[H-].[Na+]. The van der Waals surface area contributed by atoms with Gasteiger partial charge < -0.3 is 16.3 Å². The molecule has 0 bridgehead atoms. The number of anilines is 1. The van der Waals surface area contributed by atoms with Gasteiger partial charge in [0.15, 0.2) is 0 Å². The Labute approximate surface area is 206 Å². The Morgan fingerprint density at radius 3 is 2.03 bits per heavy atom. The summed E-state index contributed by atoms with van der Waals surface area (Å²) in [5.74, 6) is 0.107. The minimum absolute atomic E-state index is 0. The molecule has 0 saturated carbocycles. The molecule has 7 nitrogen and oxygen atoms in total. The van der Waals surface area contributed by atoms with E-state index >= 15 is 0 Å². The van der Waals surface area contributed by atoms with Crippen molar-refractivity contribution >= 4 is 33.3 Å². The van der Waals surface area contributed by atoms with Crippen LogP contribution in [-0.4, -0.2) is 19.6 Å². The second-order valence-electron chi connectivity index (χ2n) is 8.04. The first-order chi connectivity index (χ1) is 13.2. The third kappa shape index (κ3) is 6.48. The molecule has 162 valence electrons. The minimum Gasteiger partial charge on any atom is -1.00 e. The van der Waals surface area contributed by atoms with Gasteiger partial charge in [0, 0.05) is 22.3 Å². The van der Waals surface area contributed by atoms with Gasteiger partial charge in [-0.05, 0) is 48.9 Å². The van der Waals surface area contributed by atoms with Crippen LogP contribution in [0.1, 0.15) is 71.5 Å². The van der Waals surface area contributed by atoms with Gasteiger partial charge in [0.25, 0.3) is 10.0 Å². The van der Waals surface area contributed by atoms with Crippen LogP contribution in [-0.2, 0) is 15.6 Å². The normalized spacial score (nSPS) is 12.1. The van der Waals surface area contributed by atoms with Gasteiger partial charge in [-0.1, -0.05) is 39.3 Å². The summed E-state index contributed by atoms with van der Waals surface area (Å²) in [6.07, 6.45) is 1.14. The van der Waals surface area contributed by atoms with Gasteiger partial charge >= 0.3 is 35.6 Å². The van der Waals surface area contributed by atoms with Gasteiger partial charge in [-0.15, -0.1) is 0 Å². The molecular formula is C20H28ClN2NaO5S. The maximum atomic E-state index is 12.5. The zero-order valence-electron chi connectivity index (χ0n) is 19.3. The van der Waals surface area contributed by atoms with Gasteiger partial charge in [0.1, 0.15) is 0 Å². The third-order valence-electron chi connectivity index (χ3n) is 4.42. The number of carbonyl (C=O) groups is 1. The van der Waals surface area contributed by atoms with Crippen molar-refractivity contribution in [2.75, 3.05) is 5.32 Å². The molecule has 0 aliphatic heterocycles. The summed E-state index contributed by atoms with van der Waals surface area (Å²) in [7, 11) is -4.26. The van der Waals surface area contributed by atoms with Crippen LogP contribution in [0.15, 0.2) is 34.0 Å². The van der Waals surface area contributed by atoms with E-state index in [4.69, 9.17) is 16.0 Å². The van der Waals surface area contributed by atoms with Crippen LogP contribution in [0.3, 0.4) is 0 Å². The van der Waals surface area contributed by atoms with Crippen molar-refractivity contribution < 1.29 is 53.7 Å². The number of aliphatic hydroxyl groups is 1. The number of carbonyl (C=O) groups excluding carboxylic acids is 1. The summed E-state index contributed by atoms with van der Waals surface area (Å²) < 4.78 is 32.0. The molecule has 10 heteroatoms. The Balaban J connectivity index is 0.00000450. The number of furan rings is 1. The van der Waals surface area contributed by atoms with Crippen molar-refractivity contribution in [3.05, 3.63) is 46.2 Å². The van der Waals surface area contributed by atoms with Gasteiger partial charge in [-0.2, -0.15) is 8.42 Å². The molecule has 0 aliphatic carbocycles. The van der Waals surface area contributed by atoms with Crippen LogP contribution in [0, 0.1) is 0 Å². The maximum Gasteiger partial charge on any atom is 1.00 e. The van der Waals surface area contributed by atoms with E-state index in [1.807, 2.05) is 32.4 Å². The van der Waals surface area contributed by atoms with E-state index in [9.17, 15) is 18.3 Å². The summed E-state index contributed by atoms with van der Waals surface area (Å²) in [4.78, 5) is 12.5. The third-order valence-corrected chi connectivity index (χ3v) is 5.84. The van der Waals surface area contributed by atoms with Gasteiger partial charge in [0.2, 0.25) is 5.09 Å². The summed E-state index contributed by atoms with van der Waals surface area (Å²) in [6.45, 7) is 10.8. The largest absolute Gasteiger partial charge is 1.00 e. The Bertz CT molecular complexity index is 988. The van der Waals surface area contributed by atoms with E-state index in [0.717, 1.165) is 17.4 Å². The fraction of sp³-hybridized carbons (Fsp3) is 0.450. The first kappa shape index (κ1) is 27.0. The van der Waals surface area contributed by atoms with Crippen LogP contribution >= 0.6 is 11.6 Å². The number of rotatable bonds is 6. The predicted molar refractivity (Wildman–Crippen MR) is 114 cm³/mol. The number of halogens is 1. The molecule has 2 amide bonds. The smallest absolute Gasteiger partial charge is 1.00 e. The first-order valence-corrected chi connectivity index (χ1v) is 11.1. The van der Waals surface area contributed by atoms with Crippen molar-refractivity contribution in [3.63, 3.8) is 0 Å². The van der Waals surface area contributed by atoms with Crippen molar-refractivity contribution in [1.82, 2.24) is 4.72 Å². The summed E-state index contributed by atoms with van der Waals surface area (Å²) in [6, 6.07) is 3.77. The molecule has 1 aromatic carbocycles. The standard InChI is InChI=1S/C20H27ClN2O5S.Na.H/c1-11(2)15-8-14(21)9-16(12(3)4)18(15)22-19(24)23-29(26,27)17-7-13(10-28-17)20(5,6)25;;/h7-12,25H,1-6H3,(H2,22,23,24);;/q;+1;-1. The second kappa shape index (κ2) is 10.1. The topological polar surface area (TPSA) is 109 Å². The Hall–Kier alpha value is -1.03. The Kier molecular flexibility index (Phi) is 9.06. The number of hydrogen-bond acceptors (Lipinski definition) is 5. The van der Waals surface area contributed by atoms with E-state index in [0.29, 0.717) is 10.7 Å². The molecule has 2 rings (SSSR count). The minimum atomic E-state index is -4.26. The Morgan fingerprint density at radius 1 is 1.13 bits per heavy atom. The number of benzene rings is 1. The van der Waals surface area contributed by atoms with Crippen LogP contribution in [0.25, 0.3) is 0 Å². The second-order valence-corrected chi connectivity index (χ2v) is 10.1. The molecule has 0 aliphatic rings. The van der Waals surface area contributed by atoms with Crippen LogP contribution in [0.2, 0.25) is 5.02 Å². The van der Waals surface area contributed by atoms with E-state index in [1.54, 1.807) is 12.1 Å². The monoisotopic (exact) mass is 466 g/mol. The Morgan fingerprint density at radius 2 is 1.63 bits per heavy atom. The van der Waals surface area contributed by atoms with Gasteiger partial charge in [-0.25, -0.2) is 9.52 Å². The van der Waals surface area contributed by atoms with Crippen molar-refractivity contribution in [1.29, 1.82) is 0 Å².